The molecule has 0 aliphatic carbocycles. The third-order valence-electron chi connectivity index (χ3n) is 4.14. The zero-order chi connectivity index (χ0) is 15.6. The van der Waals surface area contributed by atoms with E-state index in [1.807, 2.05) is 12.3 Å². The Kier molecular flexibility index (Phi) is 3.79. The number of rotatable bonds is 3. The van der Waals surface area contributed by atoms with Gasteiger partial charge in [-0.1, -0.05) is 37.3 Å². The number of anilines is 1. The zero-order valence-electron chi connectivity index (χ0n) is 13.1. The number of fused-ring (bicyclic) bond motifs is 1. The largest absolute Gasteiger partial charge is 0.342 e. The van der Waals surface area contributed by atoms with Gasteiger partial charge in [0, 0.05) is 30.1 Å². The van der Waals surface area contributed by atoms with Gasteiger partial charge in [-0.2, -0.15) is 0 Å². The summed E-state index contributed by atoms with van der Waals surface area (Å²) >= 11 is 1.71. The van der Waals surface area contributed by atoms with Crippen LogP contribution in [-0.2, 0) is 19.4 Å². The summed E-state index contributed by atoms with van der Waals surface area (Å²) in [6, 6.07) is 10.3. The second-order valence-corrected chi connectivity index (χ2v) is 6.50. The molecular formula is C18H18N4S. The van der Waals surface area contributed by atoms with Gasteiger partial charge in [-0.3, -0.25) is 0 Å². The highest BCUT2D eigenvalue weighted by atomic mass is 32.1. The van der Waals surface area contributed by atoms with Gasteiger partial charge >= 0.3 is 0 Å². The lowest BCUT2D eigenvalue weighted by atomic mass is 10.1. The van der Waals surface area contributed by atoms with Crippen molar-refractivity contribution in [1.82, 2.24) is 15.0 Å². The van der Waals surface area contributed by atoms with Crippen LogP contribution in [0.15, 0.2) is 41.9 Å². The van der Waals surface area contributed by atoms with E-state index in [2.05, 4.69) is 46.5 Å². The van der Waals surface area contributed by atoms with Gasteiger partial charge in [0.1, 0.15) is 5.82 Å². The van der Waals surface area contributed by atoms with E-state index in [-0.39, 0.29) is 0 Å². The number of nitrogens with zero attached hydrogens (tertiary/aromatic N) is 4. The van der Waals surface area contributed by atoms with Crippen LogP contribution < -0.4 is 4.90 Å². The van der Waals surface area contributed by atoms with Crippen molar-refractivity contribution in [2.45, 2.75) is 26.3 Å². The van der Waals surface area contributed by atoms with Crippen molar-refractivity contribution in [3.8, 4) is 11.3 Å². The molecular weight excluding hydrogens is 304 g/mol. The highest BCUT2D eigenvalue weighted by molar-refractivity contribution is 7.14. The first-order valence-electron chi connectivity index (χ1n) is 7.93. The molecule has 0 saturated heterocycles. The van der Waals surface area contributed by atoms with E-state index in [0.29, 0.717) is 0 Å². The van der Waals surface area contributed by atoms with Crippen LogP contribution >= 0.6 is 11.3 Å². The van der Waals surface area contributed by atoms with Crippen molar-refractivity contribution in [1.29, 1.82) is 0 Å². The van der Waals surface area contributed by atoms with Gasteiger partial charge in [-0.25, -0.2) is 15.0 Å². The van der Waals surface area contributed by atoms with Gasteiger partial charge in [-0.05, 0) is 12.0 Å². The Morgan fingerprint density at radius 3 is 2.87 bits per heavy atom. The van der Waals surface area contributed by atoms with Crippen LogP contribution in [0.3, 0.4) is 0 Å². The van der Waals surface area contributed by atoms with Gasteiger partial charge in [0.25, 0.3) is 0 Å². The normalized spacial score (nSPS) is 13.9. The van der Waals surface area contributed by atoms with Crippen LogP contribution in [0.4, 0.5) is 5.13 Å². The predicted octanol–water partition coefficient (Wildman–Crippen LogP) is 3.73. The second kappa shape index (κ2) is 6.08. The molecule has 0 amide bonds. The Morgan fingerprint density at radius 2 is 2.04 bits per heavy atom. The van der Waals surface area contributed by atoms with Crippen molar-refractivity contribution < 1.29 is 0 Å². The van der Waals surface area contributed by atoms with E-state index in [4.69, 9.17) is 9.97 Å². The van der Waals surface area contributed by atoms with E-state index in [9.17, 15) is 0 Å². The lowest BCUT2D eigenvalue weighted by Gasteiger charge is -2.27. The summed E-state index contributed by atoms with van der Waals surface area (Å²) in [5, 5.41) is 3.21. The van der Waals surface area contributed by atoms with Crippen LogP contribution in [0.25, 0.3) is 11.3 Å². The standard InChI is InChI=1S/C18H18N4S/c1-2-17-19-10-14-8-9-22(11-15(14)20-17)18-21-16(12-23-18)13-6-4-3-5-7-13/h3-7,10,12H,2,8-9,11H2,1H3. The van der Waals surface area contributed by atoms with Crippen LogP contribution in [0.1, 0.15) is 24.0 Å². The fourth-order valence-corrected chi connectivity index (χ4v) is 3.69. The molecule has 2 aromatic heterocycles. The van der Waals surface area contributed by atoms with E-state index in [0.717, 1.165) is 48.3 Å². The maximum absolute atomic E-state index is 4.82. The molecule has 0 atom stereocenters. The third-order valence-corrected chi connectivity index (χ3v) is 5.05. The summed E-state index contributed by atoms with van der Waals surface area (Å²) in [5.41, 5.74) is 4.65. The Morgan fingerprint density at radius 1 is 1.17 bits per heavy atom. The van der Waals surface area contributed by atoms with Crippen molar-refractivity contribution in [3.05, 3.63) is 59.0 Å². The molecule has 23 heavy (non-hydrogen) atoms. The molecule has 3 aromatic rings. The number of hydrogen-bond donors (Lipinski definition) is 0. The summed E-state index contributed by atoms with van der Waals surface area (Å²) < 4.78 is 0. The molecule has 1 aromatic carbocycles. The van der Waals surface area contributed by atoms with Crippen molar-refractivity contribution in [2.75, 3.05) is 11.4 Å². The molecule has 0 N–H and O–H groups in total. The second-order valence-electron chi connectivity index (χ2n) is 5.66. The Bertz CT molecular complexity index is 813. The van der Waals surface area contributed by atoms with Gasteiger partial charge in [0.2, 0.25) is 0 Å². The summed E-state index contributed by atoms with van der Waals surface area (Å²) in [6.45, 7) is 3.89. The summed E-state index contributed by atoms with van der Waals surface area (Å²) in [4.78, 5) is 16.3. The number of aromatic nitrogens is 3. The van der Waals surface area contributed by atoms with Gasteiger partial charge in [-0.15, -0.1) is 11.3 Å². The van der Waals surface area contributed by atoms with E-state index in [1.54, 1.807) is 11.3 Å². The molecule has 1 aliphatic heterocycles. The Labute approximate surface area is 139 Å². The minimum absolute atomic E-state index is 0.826. The van der Waals surface area contributed by atoms with Crippen LogP contribution in [0.5, 0.6) is 0 Å². The molecule has 4 rings (SSSR count). The van der Waals surface area contributed by atoms with Gasteiger partial charge in [0.15, 0.2) is 5.13 Å². The average Bonchev–Trinajstić information content (AvgIpc) is 3.11. The molecule has 0 radical (unpaired) electrons. The quantitative estimate of drug-likeness (QED) is 0.737. The van der Waals surface area contributed by atoms with Crippen molar-refractivity contribution >= 4 is 16.5 Å². The topological polar surface area (TPSA) is 41.9 Å². The molecule has 3 heterocycles. The minimum Gasteiger partial charge on any atom is -0.342 e. The number of aryl methyl sites for hydroxylation is 1. The smallest absolute Gasteiger partial charge is 0.186 e. The Balaban J connectivity index is 1.59. The summed E-state index contributed by atoms with van der Waals surface area (Å²) in [5.74, 6) is 0.926. The predicted molar refractivity (Wildman–Crippen MR) is 93.7 cm³/mol. The van der Waals surface area contributed by atoms with E-state index < -0.39 is 0 Å². The maximum Gasteiger partial charge on any atom is 0.186 e. The Hall–Kier alpha value is -2.27. The lowest BCUT2D eigenvalue weighted by Crippen LogP contribution is -2.31. The zero-order valence-corrected chi connectivity index (χ0v) is 13.9. The van der Waals surface area contributed by atoms with E-state index >= 15 is 0 Å². The molecule has 0 saturated carbocycles. The van der Waals surface area contributed by atoms with E-state index in [1.165, 1.54) is 11.1 Å². The SMILES string of the molecule is CCc1ncc2c(n1)CN(c1nc(-c3ccccc3)cs1)CC2. The van der Waals surface area contributed by atoms with Crippen molar-refractivity contribution in [3.63, 3.8) is 0 Å². The maximum atomic E-state index is 4.82. The van der Waals surface area contributed by atoms with Crippen LogP contribution in [0.2, 0.25) is 0 Å². The van der Waals surface area contributed by atoms with Crippen LogP contribution in [0, 0.1) is 0 Å². The molecule has 5 heteroatoms. The average molecular weight is 322 g/mol. The van der Waals surface area contributed by atoms with Crippen molar-refractivity contribution in [2.24, 2.45) is 0 Å². The molecule has 0 spiro atoms. The van der Waals surface area contributed by atoms with Gasteiger partial charge in [0.05, 0.1) is 17.9 Å². The molecule has 0 unspecified atom stereocenters. The first-order chi connectivity index (χ1) is 11.3. The third kappa shape index (κ3) is 2.84. The fourth-order valence-electron chi connectivity index (χ4n) is 2.83. The summed E-state index contributed by atoms with van der Waals surface area (Å²) in [7, 11) is 0. The summed E-state index contributed by atoms with van der Waals surface area (Å²) in [6.07, 6.45) is 3.86. The molecule has 0 fully saturated rings. The highest BCUT2D eigenvalue weighted by Gasteiger charge is 2.21. The van der Waals surface area contributed by atoms with Gasteiger partial charge < -0.3 is 4.90 Å². The fraction of sp³-hybridized carbons (Fsp3) is 0.278. The molecule has 116 valence electrons. The molecule has 1 aliphatic rings. The number of hydrogen-bond acceptors (Lipinski definition) is 5. The number of thiazole rings is 1. The number of benzene rings is 1. The highest BCUT2D eigenvalue weighted by Crippen LogP contribution is 2.30. The first-order valence-corrected chi connectivity index (χ1v) is 8.81. The lowest BCUT2D eigenvalue weighted by molar-refractivity contribution is 0.691. The first kappa shape index (κ1) is 14.3. The molecule has 4 nitrogen and oxygen atoms in total. The monoisotopic (exact) mass is 322 g/mol. The van der Waals surface area contributed by atoms with Crippen LogP contribution in [-0.4, -0.2) is 21.5 Å². The minimum atomic E-state index is 0.826. The molecule has 0 bridgehead atoms.